The molecule has 4 nitrogen and oxygen atoms in total. The molecule has 2 amide bonds. The molecule has 0 radical (unpaired) electrons. The Morgan fingerprint density at radius 2 is 2.10 bits per heavy atom. The van der Waals surface area contributed by atoms with Crippen LogP contribution in [-0.4, -0.2) is 35.2 Å². The molecule has 2 rings (SSSR count). The van der Waals surface area contributed by atoms with Crippen molar-refractivity contribution in [1.29, 1.82) is 0 Å². The zero-order chi connectivity index (χ0) is 14.8. The molecule has 1 aromatic rings. The minimum Gasteiger partial charge on any atom is -0.394 e. The predicted molar refractivity (Wildman–Crippen MR) is 67.3 cm³/mol. The highest BCUT2D eigenvalue weighted by atomic mass is 19.4. The van der Waals surface area contributed by atoms with Gasteiger partial charge in [-0.3, -0.25) is 0 Å². The molecule has 1 aliphatic rings. The molecule has 0 bridgehead atoms. The Kier molecular flexibility index (Phi) is 4.17. The highest BCUT2D eigenvalue weighted by molar-refractivity contribution is 5.90. The van der Waals surface area contributed by atoms with Crippen LogP contribution in [0.25, 0.3) is 0 Å². The first-order valence-electron chi connectivity index (χ1n) is 6.28. The van der Waals surface area contributed by atoms with Gasteiger partial charge >= 0.3 is 12.2 Å². The van der Waals surface area contributed by atoms with Crippen molar-refractivity contribution in [3.8, 4) is 0 Å². The zero-order valence-corrected chi connectivity index (χ0v) is 10.7. The number of rotatable bonds is 2. The highest BCUT2D eigenvalue weighted by Crippen LogP contribution is 2.34. The maximum absolute atomic E-state index is 12.8. The van der Waals surface area contributed by atoms with Gasteiger partial charge in [0.25, 0.3) is 0 Å². The monoisotopic (exact) mass is 288 g/mol. The summed E-state index contributed by atoms with van der Waals surface area (Å²) in [4.78, 5) is 13.4. The van der Waals surface area contributed by atoms with Gasteiger partial charge in [-0.1, -0.05) is 12.1 Å². The molecule has 0 spiro atoms. The third-order valence-electron chi connectivity index (χ3n) is 3.32. The molecule has 1 aliphatic heterocycles. The molecule has 0 saturated carbocycles. The average molecular weight is 288 g/mol. The molecule has 1 saturated heterocycles. The molecule has 1 atom stereocenters. The summed E-state index contributed by atoms with van der Waals surface area (Å²) in [7, 11) is 0. The number of aliphatic hydroxyl groups is 1. The summed E-state index contributed by atoms with van der Waals surface area (Å²) in [6.45, 7) is 0.250. The molecule has 2 N–H and O–H groups in total. The van der Waals surface area contributed by atoms with E-state index in [-0.39, 0.29) is 18.3 Å². The number of hydrogen-bond donors (Lipinski definition) is 2. The summed E-state index contributed by atoms with van der Waals surface area (Å²) >= 11 is 0. The molecule has 20 heavy (non-hydrogen) atoms. The molecule has 0 unspecified atom stereocenters. The zero-order valence-electron chi connectivity index (χ0n) is 10.7. The summed E-state index contributed by atoms with van der Waals surface area (Å²) in [6, 6.07) is 3.89. The maximum atomic E-state index is 12.8. The molecule has 0 aromatic heterocycles. The lowest BCUT2D eigenvalue weighted by Crippen LogP contribution is -2.40. The van der Waals surface area contributed by atoms with Crippen LogP contribution in [0.3, 0.4) is 0 Å². The first-order chi connectivity index (χ1) is 9.43. The summed E-state index contributed by atoms with van der Waals surface area (Å²) in [5.74, 6) is 0. The van der Waals surface area contributed by atoms with Gasteiger partial charge in [0.2, 0.25) is 0 Å². The number of carbonyl (C=O) groups excluding carboxylic acids is 1. The molecular weight excluding hydrogens is 273 g/mol. The van der Waals surface area contributed by atoms with E-state index in [2.05, 4.69) is 5.32 Å². The van der Waals surface area contributed by atoms with E-state index in [1.54, 1.807) is 0 Å². The van der Waals surface area contributed by atoms with Crippen LogP contribution in [0.15, 0.2) is 24.3 Å². The van der Waals surface area contributed by atoms with E-state index in [1.807, 2.05) is 0 Å². The summed E-state index contributed by atoms with van der Waals surface area (Å²) in [6.07, 6.45) is -3.13. The Labute approximate surface area is 114 Å². The fraction of sp³-hybridized carbons (Fsp3) is 0.462. The van der Waals surface area contributed by atoms with Crippen molar-refractivity contribution in [3.05, 3.63) is 29.8 Å². The van der Waals surface area contributed by atoms with Crippen molar-refractivity contribution in [2.24, 2.45) is 0 Å². The maximum Gasteiger partial charge on any atom is 0.418 e. The summed E-state index contributed by atoms with van der Waals surface area (Å²) in [5, 5.41) is 11.4. The topological polar surface area (TPSA) is 52.6 Å². The van der Waals surface area contributed by atoms with Crippen LogP contribution in [0.1, 0.15) is 18.4 Å². The molecule has 1 fully saturated rings. The molecular formula is C13H15F3N2O2. The summed E-state index contributed by atoms with van der Waals surface area (Å²) in [5.41, 5.74) is -1.15. The number of alkyl halides is 3. The van der Waals surface area contributed by atoms with Gasteiger partial charge in [-0.05, 0) is 25.0 Å². The third kappa shape index (κ3) is 3.04. The van der Waals surface area contributed by atoms with Gasteiger partial charge in [0.1, 0.15) is 0 Å². The van der Waals surface area contributed by atoms with Crippen molar-refractivity contribution in [1.82, 2.24) is 4.90 Å². The second kappa shape index (κ2) is 5.70. The predicted octanol–water partition coefficient (Wildman–Crippen LogP) is 2.69. The van der Waals surface area contributed by atoms with E-state index in [0.29, 0.717) is 13.0 Å². The first kappa shape index (κ1) is 14.6. The smallest absolute Gasteiger partial charge is 0.394 e. The van der Waals surface area contributed by atoms with Crippen LogP contribution in [0.5, 0.6) is 0 Å². The van der Waals surface area contributed by atoms with Gasteiger partial charge in [0.15, 0.2) is 0 Å². The standard InChI is InChI=1S/C13H15F3N2O2/c14-13(15,16)10-5-1-2-6-11(10)17-12(20)18-7-3-4-9(18)8-19/h1-2,5-6,9,19H,3-4,7-8H2,(H,17,20)/t9-/m1/s1. The van der Waals surface area contributed by atoms with Crippen LogP contribution in [0.2, 0.25) is 0 Å². The van der Waals surface area contributed by atoms with Gasteiger partial charge < -0.3 is 15.3 Å². The van der Waals surface area contributed by atoms with E-state index in [4.69, 9.17) is 5.11 Å². The Morgan fingerprint density at radius 3 is 2.75 bits per heavy atom. The van der Waals surface area contributed by atoms with Gasteiger partial charge in [0, 0.05) is 6.54 Å². The van der Waals surface area contributed by atoms with Crippen molar-refractivity contribution in [3.63, 3.8) is 0 Å². The van der Waals surface area contributed by atoms with Crippen molar-refractivity contribution < 1.29 is 23.1 Å². The van der Waals surface area contributed by atoms with Crippen LogP contribution < -0.4 is 5.32 Å². The number of urea groups is 1. The van der Waals surface area contributed by atoms with Crippen molar-refractivity contribution in [2.45, 2.75) is 25.1 Å². The van der Waals surface area contributed by atoms with Gasteiger partial charge in [-0.25, -0.2) is 4.79 Å². The Balaban J connectivity index is 2.16. The van der Waals surface area contributed by atoms with Gasteiger partial charge in [0.05, 0.1) is 23.9 Å². The van der Waals surface area contributed by atoms with E-state index >= 15 is 0 Å². The van der Waals surface area contributed by atoms with E-state index in [0.717, 1.165) is 12.5 Å². The van der Waals surface area contributed by atoms with Crippen molar-refractivity contribution in [2.75, 3.05) is 18.5 Å². The molecule has 0 aliphatic carbocycles. The normalized spacial score (nSPS) is 19.2. The lowest BCUT2D eigenvalue weighted by Gasteiger charge is -2.24. The number of hydrogen-bond acceptors (Lipinski definition) is 2. The third-order valence-corrected chi connectivity index (χ3v) is 3.32. The second-order valence-corrected chi connectivity index (χ2v) is 4.65. The molecule has 7 heteroatoms. The van der Waals surface area contributed by atoms with E-state index in [9.17, 15) is 18.0 Å². The Hall–Kier alpha value is -1.76. The number of carbonyl (C=O) groups is 1. The van der Waals surface area contributed by atoms with Crippen LogP contribution >= 0.6 is 0 Å². The number of amides is 2. The van der Waals surface area contributed by atoms with Crippen LogP contribution in [0, 0.1) is 0 Å². The minimum absolute atomic E-state index is 0.186. The van der Waals surface area contributed by atoms with Gasteiger partial charge in [-0.2, -0.15) is 13.2 Å². The largest absolute Gasteiger partial charge is 0.418 e. The fourth-order valence-electron chi connectivity index (χ4n) is 2.32. The minimum atomic E-state index is -4.52. The number of anilines is 1. The fourth-order valence-corrected chi connectivity index (χ4v) is 2.32. The lowest BCUT2D eigenvalue weighted by molar-refractivity contribution is -0.136. The van der Waals surface area contributed by atoms with Gasteiger partial charge in [-0.15, -0.1) is 0 Å². The number of para-hydroxylation sites is 1. The first-order valence-corrected chi connectivity index (χ1v) is 6.28. The quantitative estimate of drug-likeness (QED) is 0.879. The van der Waals surface area contributed by atoms with Crippen LogP contribution in [-0.2, 0) is 6.18 Å². The molecule has 1 aromatic carbocycles. The van der Waals surface area contributed by atoms with E-state index in [1.165, 1.54) is 23.1 Å². The number of benzene rings is 1. The van der Waals surface area contributed by atoms with Crippen LogP contribution in [0.4, 0.5) is 23.7 Å². The molecule has 1 heterocycles. The number of nitrogens with zero attached hydrogens (tertiary/aromatic N) is 1. The van der Waals surface area contributed by atoms with Crippen molar-refractivity contribution >= 4 is 11.7 Å². The summed E-state index contributed by atoms with van der Waals surface area (Å²) < 4.78 is 38.4. The molecule has 110 valence electrons. The average Bonchev–Trinajstić information content (AvgIpc) is 2.86. The number of nitrogens with one attached hydrogen (secondary N) is 1. The van der Waals surface area contributed by atoms with E-state index < -0.39 is 17.8 Å². The SMILES string of the molecule is O=C(Nc1ccccc1C(F)(F)F)N1CCC[C@@H]1CO. The highest BCUT2D eigenvalue weighted by Gasteiger charge is 2.35. The number of likely N-dealkylation sites (tertiary alicyclic amines) is 1. The lowest BCUT2D eigenvalue weighted by atomic mass is 10.1. The Morgan fingerprint density at radius 1 is 1.40 bits per heavy atom. The number of aliphatic hydroxyl groups excluding tert-OH is 1. The Bertz CT molecular complexity index is 491. The second-order valence-electron chi connectivity index (χ2n) is 4.65. The number of halogens is 3.